The van der Waals surface area contributed by atoms with Crippen molar-refractivity contribution in [1.82, 2.24) is 0 Å². The number of carbonyl (C=O) groups excluding carboxylic acids is 2. The third-order valence-corrected chi connectivity index (χ3v) is 5.17. The Morgan fingerprint density at radius 2 is 2.04 bits per heavy atom. The summed E-state index contributed by atoms with van der Waals surface area (Å²) in [5, 5.41) is 9.39. The number of anilines is 1. The summed E-state index contributed by atoms with van der Waals surface area (Å²) in [5.74, 6) is -0.837. The van der Waals surface area contributed by atoms with Gasteiger partial charge in [-0.25, -0.2) is 4.79 Å². The number of halogens is 1. The van der Waals surface area contributed by atoms with E-state index in [0.29, 0.717) is 17.1 Å². The maximum absolute atomic E-state index is 12.6. The molecular formula is C16H15BrN2O3S. The summed E-state index contributed by atoms with van der Waals surface area (Å²) in [7, 11) is 0. The van der Waals surface area contributed by atoms with Crippen molar-refractivity contribution in [2.45, 2.75) is 25.5 Å². The minimum absolute atomic E-state index is 0.133. The van der Waals surface area contributed by atoms with Gasteiger partial charge in [-0.15, -0.1) is 0 Å². The zero-order chi connectivity index (χ0) is 17.0. The molecule has 0 N–H and O–H groups in total. The smallest absolute Gasteiger partial charge is 0.351 e. The summed E-state index contributed by atoms with van der Waals surface area (Å²) in [4.78, 5) is 26.1. The Bertz CT molecular complexity index is 694. The van der Waals surface area contributed by atoms with E-state index in [4.69, 9.17) is 4.74 Å². The predicted molar refractivity (Wildman–Crippen MR) is 92.6 cm³/mol. The Balaban J connectivity index is 2.54. The highest BCUT2D eigenvalue weighted by Gasteiger charge is 2.40. The van der Waals surface area contributed by atoms with Gasteiger partial charge in [-0.2, -0.15) is 5.26 Å². The molecule has 0 saturated carbocycles. The first kappa shape index (κ1) is 17.6. The van der Waals surface area contributed by atoms with Crippen molar-refractivity contribution < 1.29 is 14.3 Å². The lowest BCUT2D eigenvalue weighted by molar-refractivity contribution is -0.138. The molecule has 0 bridgehead atoms. The van der Waals surface area contributed by atoms with Gasteiger partial charge in [0, 0.05) is 10.2 Å². The molecule has 1 aromatic rings. The maximum Gasteiger partial charge on any atom is 0.351 e. The lowest BCUT2D eigenvalue weighted by Gasteiger charge is -2.18. The van der Waals surface area contributed by atoms with E-state index in [1.54, 1.807) is 31.2 Å². The lowest BCUT2D eigenvalue weighted by Crippen LogP contribution is -2.29. The van der Waals surface area contributed by atoms with E-state index in [0.717, 1.165) is 4.47 Å². The number of nitriles is 1. The van der Waals surface area contributed by atoms with Crippen LogP contribution in [0.2, 0.25) is 0 Å². The van der Waals surface area contributed by atoms with Crippen molar-refractivity contribution in [2.24, 2.45) is 0 Å². The minimum Gasteiger partial charge on any atom is -0.462 e. The van der Waals surface area contributed by atoms with E-state index in [1.807, 2.05) is 13.0 Å². The van der Waals surface area contributed by atoms with Gasteiger partial charge in [0.15, 0.2) is 5.57 Å². The topological polar surface area (TPSA) is 70.4 Å². The van der Waals surface area contributed by atoms with E-state index in [1.165, 1.54) is 16.7 Å². The highest BCUT2D eigenvalue weighted by molar-refractivity contribution is 9.10. The zero-order valence-corrected chi connectivity index (χ0v) is 15.1. The average Bonchev–Trinajstić information content (AvgIpc) is 2.86. The highest BCUT2D eigenvalue weighted by atomic mass is 79.9. The van der Waals surface area contributed by atoms with Crippen LogP contribution in [0.4, 0.5) is 5.69 Å². The highest BCUT2D eigenvalue weighted by Crippen LogP contribution is 2.42. The molecule has 0 aromatic heterocycles. The number of amides is 1. The van der Waals surface area contributed by atoms with Gasteiger partial charge in [-0.05, 0) is 37.6 Å². The van der Waals surface area contributed by atoms with Crippen molar-refractivity contribution in [3.8, 4) is 6.07 Å². The van der Waals surface area contributed by atoms with Crippen LogP contribution in [0.1, 0.15) is 20.3 Å². The number of nitrogens with zero attached hydrogens (tertiary/aromatic N) is 2. The van der Waals surface area contributed by atoms with E-state index in [2.05, 4.69) is 15.9 Å². The van der Waals surface area contributed by atoms with Gasteiger partial charge in [0.2, 0.25) is 5.91 Å². The normalized spacial score (nSPS) is 19.5. The van der Waals surface area contributed by atoms with Crippen molar-refractivity contribution in [1.29, 1.82) is 5.26 Å². The molecule has 0 spiro atoms. The number of rotatable bonds is 4. The number of thioether (sulfide) groups is 1. The van der Waals surface area contributed by atoms with Crippen LogP contribution in [0.3, 0.4) is 0 Å². The molecule has 23 heavy (non-hydrogen) atoms. The second kappa shape index (κ2) is 7.66. The van der Waals surface area contributed by atoms with Crippen LogP contribution in [0.25, 0.3) is 0 Å². The molecule has 7 heteroatoms. The molecule has 0 unspecified atom stereocenters. The molecule has 1 aliphatic rings. The molecule has 1 fully saturated rings. The van der Waals surface area contributed by atoms with Crippen molar-refractivity contribution >= 4 is 45.3 Å². The Morgan fingerprint density at radius 3 is 2.57 bits per heavy atom. The molecule has 5 nitrogen and oxygen atoms in total. The summed E-state index contributed by atoms with van der Waals surface area (Å²) in [5.41, 5.74) is 0.484. The number of benzene rings is 1. The van der Waals surface area contributed by atoms with Crippen molar-refractivity contribution in [3.63, 3.8) is 0 Å². The quantitative estimate of drug-likeness (QED) is 0.443. The standard InChI is InChI=1S/C16H15BrN2O3S/c1-3-13-14(20)19(11-7-5-10(17)6-8-11)15(23-13)12(9-18)16(21)22-4-2/h5-8,13H,3-4H2,1-2H3/b15-12-/t13-/m0/s1. The van der Waals surface area contributed by atoms with E-state index in [-0.39, 0.29) is 23.3 Å². The largest absolute Gasteiger partial charge is 0.462 e. The summed E-state index contributed by atoms with van der Waals surface area (Å²) in [6.07, 6.45) is 0.613. The van der Waals surface area contributed by atoms with Crippen molar-refractivity contribution in [2.75, 3.05) is 11.5 Å². The van der Waals surface area contributed by atoms with Gasteiger partial charge < -0.3 is 4.74 Å². The molecule has 120 valence electrons. The second-order valence-electron chi connectivity index (χ2n) is 4.68. The Morgan fingerprint density at radius 1 is 1.39 bits per heavy atom. The van der Waals surface area contributed by atoms with E-state index < -0.39 is 5.97 Å². The molecule has 1 saturated heterocycles. The Kier molecular flexibility index (Phi) is 5.85. The summed E-state index contributed by atoms with van der Waals surface area (Å²) in [6, 6.07) is 9.03. The number of esters is 1. The fraction of sp³-hybridized carbons (Fsp3) is 0.312. The number of hydrogen-bond donors (Lipinski definition) is 0. The monoisotopic (exact) mass is 394 g/mol. The van der Waals surface area contributed by atoms with Crippen molar-refractivity contribution in [3.05, 3.63) is 39.3 Å². The van der Waals surface area contributed by atoms with Crippen LogP contribution < -0.4 is 4.90 Å². The first-order valence-corrected chi connectivity index (χ1v) is 8.78. The molecule has 0 aliphatic carbocycles. The third-order valence-electron chi connectivity index (χ3n) is 3.21. The molecular weight excluding hydrogens is 380 g/mol. The molecule has 1 aliphatic heterocycles. The maximum atomic E-state index is 12.6. The Hall–Kier alpha value is -1.78. The Labute approximate surface area is 147 Å². The molecule has 1 heterocycles. The minimum atomic E-state index is -0.704. The molecule has 0 radical (unpaired) electrons. The first-order valence-electron chi connectivity index (χ1n) is 7.11. The van der Waals surface area contributed by atoms with Crippen LogP contribution in [-0.2, 0) is 14.3 Å². The van der Waals surface area contributed by atoms with Gasteiger partial charge in [0.1, 0.15) is 11.1 Å². The van der Waals surface area contributed by atoms with E-state index in [9.17, 15) is 14.9 Å². The first-order chi connectivity index (χ1) is 11.0. The molecule has 2 rings (SSSR count). The molecule has 1 atom stereocenters. The lowest BCUT2D eigenvalue weighted by atomic mass is 10.2. The van der Waals surface area contributed by atoms with Gasteiger partial charge >= 0.3 is 5.97 Å². The summed E-state index contributed by atoms with van der Waals surface area (Å²) >= 11 is 4.58. The van der Waals surface area contributed by atoms with Crippen LogP contribution in [-0.4, -0.2) is 23.7 Å². The molecule has 1 amide bonds. The summed E-state index contributed by atoms with van der Waals surface area (Å²) in [6.45, 7) is 3.74. The third kappa shape index (κ3) is 3.59. The average molecular weight is 395 g/mol. The predicted octanol–water partition coefficient (Wildman–Crippen LogP) is 3.61. The SMILES string of the molecule is CCOC(=O)/C(C#N)=C1\S[C@@H](CC)C(=O)N1c1ccc(Br)cc1. The van der Waals surface area contributed by atoms with Gasteiger partial charge in [-0.3, -0.25) is 9.69 Å². The van der Waals surface area contributed by atoms with Crippen LogP contribution >= 0.6 is 27.7 Å². The van der Waals surface area contributed by atoms with Crippen LogP contribution in [0.5, 0.6) is 0 Å². The van der Waals surface area contributed by atoms with Gasteiger partial charge in [0.25, 0.3) is 0 Å². The fourth-order valence-electron chi connectivity index (χ4n) is 2.13. The second-order valence-corrected chi connectivity index (χ2v) is 6.78. The zero-order valence-electron chi connectivity index (χ0n) is 12.7. The number of carbonyl (C=O) groups is 2. The van der Waals surface area contributed by atoms with Crippen LogP contribution in [0.15, 0.2) is 39.3 Å². The van der Waals surface area contributed by atoms with E-state index >= 15 is 0 Å². The fourth-order valence-corrected chi connectivity index (χ4v) is 3.58. The molecule has 1 aromatic carbocycles. The number of hydrogen-bond acceptors (Lipinski definition) is 5. The van der Waals surface area contributed by atoms with Gasteiger partial charge in [0.05, 0.1) is 11.9 Å². The van der Waals surface area contributed by atoms with Gasteiger partial charge in [-0.1, -0.05) is 34.6 Å². The summed E-state index contributed by atoms with van der Waals surface area (Å²) < 4.78 is 5.82. The van der Waals surface area contributed by atoms with Crippen LogP contribution in [0, 0.1) is 11.3 Å². The number of ether oxygens (including phenoxy) is 1.